The third-order valence-electron chi connectivity index (χ3n) is 4.82. The van der Waals surface area contributed by atoms with Gasteiger partial charge in [-0.05, 0) is 55.7 Å². The van der Waals surface area contributed by atoms with Crippen molar-refractivity contribution in [1.82, 2.24) is 10.3 Å². The molecular weight excluding hydrogens is 419 g/mol. The number of pyridine rings is 1. The Morgan fingerprint density at radius 1 is 1.12 bits per heavy atom. The number of rotatable bonds is 6. The van der Waals surface area contributed by atoms with Gasteiger partial charge in [0, 0.05) is 18.5 Å². The quantitative estimate of drug-likeness (QED) is 0.449. The number of halogens is 3. The van der Waals surface area contributed by atoms with Crippen LogP contribution in [0.1, 0.15) is 28.7 Å². The second-order valence-corrected chi connectivity index (χ2v) is 7.35. The Balaban J connectivity index is 1.55. The molecule has 2 aromatic carbocycles. The lowest BCUT2D eigenvalue weighted by atomic mass is 10.0. The Hall–Kier alpha value is -3.80. The van der Waals surface area contributed by atoms with Crippen LogP contribution in [0, 0.1) is 25.2 Å². The summed E-state index contributed by atoms with van der Waals surface area (Å²) in [5.74, 6) is 0.452. The Morgan fingerprint density at radius 3 is 2.59 bits per heavy atom. The fourth-order valence-electron chi connectivity index (χ4n) is 3.35. The molecule has 166 valence electrons. The number of hydrogen-bond donors (Lipinski definition) is 3. The second-order valence-electron chi connectivity index (χ2n) is 7.35. The van der Waals surface area contributed by atoms with Crippen LogP contribution in [0.5, 0.6) is 0 Å². The van der Waals surface area contributed by atoms with Crippen LogP contribution in [0.25, 0.3) is 10.9 Å². The summed E-state index contributed by atoms with van der Waals surface area (Å²) in [7, 11) is 0. The number of carbonyl (C=O) groups excluding carboxylic acids is 1. The van der Waals surface area contributed by atoms with Gasteiger partial charge in [0.05, 0.1) is 22.3 Å². The zero-order valence-corrected chi connectivity index (χ0v) is 17.6. The van der Waals surface area contributed by atoms with E-state index in [2.05, 4.69) is 27.0 Å². The summed E-state index contributed by atoms with van der Waals surface area (Å²) in [6.45, 7) is 4.58. The average molecular weight is 441 g/mol. The SMILES string of the molecule is Cc1cc(C)c2cc(C#N)c(NCCCNC(=O)Nc3ccccc3C(F)(F)F)nc2c1. The van der Waals surface area contributed by atoms with Crippen molar-refractivity contribution in [3.05, 3.63) is 64.7 Å². The van der Waals surface area contributed by atoms with Crippen molar-refractivity contribution in [2.75, 3.05) is 23.7 Å². The molecule has 0 saturated heterocycles. The minimum Gasteiger partial charge on any atom is -0.369 e. The number of fused-ring (bicyclic) bond motifs is 1. The van der Waals surface area contributed by atoms with Crippen LogP contribution < -0.4 is 16.0 Å². The molecule has 3 rings (SSSR count). The molecule has 0 fully saturated rings. The molecule has 0 unspecified atom stereocenters. The van der Waals surface area contributed by atoms with Gasteiger partial charge in [0.25, 0.3) is 0 Å². The van der Waals surface area contributed by atoms with Gasteiger partial charge in [0.1, 0.15) is 11.9 Å². The number of alkyl halides is 3. The number of amides is 2. The van der Waals surface area contributed by atoms with Crippen molar-refractivity contribution < 1.29 is 18.0 Å². The molecule has 9 heteroatoms. The van der Waals surface area contributed by atoms with Crippen molar-refractivity contribution in [3.63, 3.8) is 0 Å². The summed E-state index contributed by atoms with van der Waals surface area (Å²) in [6, 6.07) is 12.0. The summed E-state index contributed by atoms with van der Waals surface area (Å²) < 4.78 is 39.0. The predicted octanol–water partition coefficient (Wildman–Crippen LogP) is 5.37. The first-order valence-corrected chi connectivity index (χ1v) is 9.96. The van der Waals surface area contributed by atoms with Crippen molar-refractivity contribution in [2.24, 2.45) is 0 Å². The largest absolute Gasteiger partial charge is 0.418 e. The van der Waals surface area contributed by atoms with Crippen molar-refractivity contribution in [2.45, 2.75) is 26.4 Å². The number of carbonyl (C=O) groups is 1. The predicted molar refractivity (Wildman–Crippen MR) is 118 cm³/mol. The normalized spacial score (nSPS) is 11.1. The van der Waals surface area contributed by atoms with Gasteiger partial charge in [0.2, 0.25) is 0 Å². The maximum Gasteiger partial charge on any atom is 0.418 e. The lowest BCUT2D eigenvalue weighted by Crippen LogP contribution is -2.31. The molecule has 2 amide bonds. The van der Waals surface area contributed by atoms with E-state index < -0.39 is 17.8 Å². The number of para-hydroxylation sites is 1. The van der Waals surface area contributed by atoms with E-state index in [-0.39, 0.29) is 12.2 Å². The fraction of sp³-hybridized carbons (Fsp3) is 0.261. The third kappa shape index (κ3) is 5.46. The molecule has 0 aliphatic heterocycles. The molecule has 32 heavy (non-hydrogen) atoms. The average Bonchev–Trinajstić information content (AvgIpc) is 2.72. The Kier molecular flexibility index (Phi) is 6.83. The van der Waals surface area contributed by atoms with E-state index >= 15 is 0 Å². The number of nitrogens with zero attached hydrogens (tertiary/aromatic N) is 2. The number of anilines is 2. The van der Waals surface area contributed by atoms with Crippen molar-refractivity contribution in [3.8, 4) is 6.07 Å². The molecule has 0 radical (unpaired) electrons. The van der Waals surface area contributed by atoms with Crippen LogP contribution in [-0.2, 0) is 6.18 Å². The maximum absolute atomic E-state index is 13.0. The van der Waals surface area contributed by atoms with E-state index in [1.54, 1.807) is 6.07 Å². The maximum atomic E-state index is 13.0. The first kappa shape index (κ1) is 22.9. The van der Waals surface area contributed by atoms with E-state index in [1.807, 2.05) is 26.0 Å². The Morgan fingerprint density at radius 2 is 1.88 bits per heavy atom. The van der Waals surface area contributed by atoms with Crippen LogP contribution in [-0.4, -0.2) is 24.1 Å². The van der Waals surface area contributed by atoms with Crippen molar-refractivity contribution in [1.29, 1.82) is 5.26 Å². The first-order chi connectivity index (χ1) is 15.2. The van der Waals surface area contributed by atoms with Crippen LogP contribution in [0.2, 0.25) is 0 Å². The van der Waals surface area contributed by atoms with E-state index in [0.29, 0.717) is 24.3 Å². The Labute approximate surface area is 183 Å². The lowest BCUT2D eigenvalue weighted by molar-refractivity contribution is -0.136. The van der Waals surface area contributed by atoms with E-state index in [9.17, 15) is 23.2 Å². The monoisotopic (exact) mass is 441 g/mol. The standard InChI is InChI=1S/C23H22F3N5O/c1-14-10-15(2)17-12-16(13-27)21(30-20(17)11-14)28-8-5-9-29-22(32)31-19-7-4-3-6-18(19)23(24,25)26/h3-4,6-7,10-12H,5,8-9H2,1-2H3,(H,28,30)(H2,29,31,32). The van der Waals surface area contributed by atoms with Gasteiger partial charge < -0.3 is 16.0 Å². The highest BCUT2D eigenvalue weighted by Crippen LogP contribution is 2.34. The highest BCUT2D eigenvalue weighted by Gasteiger charge is 2.33. The smallest absolute Gasteiger partial charge is 0.369 e. The summed E-state index contributed by atoms with van der Waals surface area (Å²) >= 11 is 0. The van der Waals surface area contributed by atoms with Crippen LogP contribution >= 0.6 is 0 Å². The molecular formula is C23H22F3N5O. The number of urea groups is 1. The summed E-state index contributed by atoms with van der Waals surface area (Å²) in [4.78, 5) is 16.5. The molecule has 0 saturated carbocycles. The van der Waals surface area contributed by atoms with Crippen LogP contribution in [0.15, 0.2) is 42.5 Å². The van der Waals surface area contributed by atoms with Gasteiger partial charge in [-0.15, -0.1) is 0 Å². The minimum absolute atomic E-state index is 0.223. The minimum atomic E-state index is -4.56. The summed E-state index contributed by atoms with van der Waals surface area (Å²) in [6.07, 6.45) is -4.08. The zero-order valence-electron chi connectivity index (χ0n) is 17.6. The van der Waals surface area contributed by atoms with Gasteiger partial charge in [-0.1, -0.05) is 18.2 Å². The number of nitriles is 1. The van der Waals surface area contributed by atoms with Crippen molar-refractivity contribution >= 4 is 28.4 Å². The Bertz CT molecular complexity index is 1180. The van der Waals surface area contributed by atoms with Gasteiger partial charge in [-0.25, -0.2) is 9.78 Å². The highest BCUT2D eigenvalue weighted by molar-refractivity contribution is 5.90. The highest BCUT2D eigenvalue weighted by atomic mass is 19.4. The fourth-order valence-corrected chi connectivity index (χ4v) is 3.35. The number of aromatic nitrogens is 1. The van der Waals surface area contributed by atoms with E-state index in [4.69, 9.17) is 0 Å². The van der Waals surface area contributed by atoms with Gasteiger partial charge in [-0.3, -0.25) is 0 Å². The van der Waals surface area contributed by atoms with Crippen LogP contribution in [0.3, 0.4) is 0 Å². The van der Waals surface area contributed by atoms with E-state index in [1.165, 1.54) is 18.2 Å². The topological polar surface area (TPSA) is 89.8 Å². The molecule has 3 aromatic rings. The molecule has 0 atom stereocenters. The van der Waals surface area contributed by atoms with Gasteiger partial charge in [-0.2, -0.15) is 18.4 Å². The molecule has 0 aliphatic carbocycles. The number of aryl methyl sites for hydroxylation is 2. The molecule has 0 aliphatic rings. The molecule has 6 nitrogen and oxygen atoms in total. The zero-order chi connectivity index (χ0) is 23.3. The molecule has 1 heterocycles. The first-order valence-electron chi connectivity index (χ1n) is 9.96. The van der Waals surface area contributed by atoms with E-state index in [0.717, 1.165) is 28.1 Å². The number of hydrogen-bond acceptors (Lipinski definition) is 4. The molecule has 3 N–H and O–H groups in total. The van der Waals surface area contributed by atoms with Gasteiger partial charge >= 0.3 is 12.2 Å². The summed E-state index contributed by atoms with van der Waals surface area (Å²) in [5.41, 5.74) is 2.09. The molecule has 0 bridgehead atoms. The van der Waals surface area contributed by atoms with Crippen LogP contribution in [0.4, 0.5) is 29.5 Å². The van der Waals surface area contributed by atoms with Gasteiger partial charge in [0.15, 0.2) is 0 Å². The number of benzene rings is 2. The number of nitrogens with one attached hydrogen (secondary N) is 3. The third-order valence-corrected chi connectivity index (χ3v) is 4.82. The molecule has 1 aromatic heterocycles. The molecule has 0 spiro atoms. The summed E-state index contributed by atoms with van der Waals surface area (Å²) in [5, 5.41) is 18.2. The lowest BCUT2D eigenvalue weighted by Gasteiger charge is -2.14. The second kappa shape index (κ2) is 9.56.